The highest BCUT2D eigenvalue weighted by Crippen LogP contribution is 2.35. The normalized spacial score (nSPS) is 14.0. The molecule has 0 heterocycles. The maximum Gasteiger partial charge on any atom is 0.418 e. The lowest BCUT2D eigenvalue weighted by Gasteiger charge is -2.20. The Bertz CT molecular complexity index is 268. The number of alkyl halides is 3. The van der Waals surface area contributed by atoms with Crippen LogP contribution in [-0.4, -0.2) is 12.8 Å². The lowest BCUT2D eigenvalue weighted by Crippen LogP contribution is -2.23. The van der Waals surface area contributed by atoms with Crippen molar-refractivity contribution in [1.82, 2.24) is 0 Å². The molecule has 1 atom stereocenters. The van der Waals surface area contributed by atoms with E-state index in [-0.39, 0.29) is 12.2 Å². The van der Waals surface area contributed by atoms with Crippen molar-refractivity contribution in [2.45, 2.75) is 19.2 Å². The fourth-order valence-electron chi connectivity index (χ4n) is 1.17. The van der Waals surface area contributed by atoms with Gasteiger partial charge in [0.1, 0.15) is 0 Å². The molecule has 78 valence electrons. The van der Waals surface area contributed by atoms with Gasteiger partial charge in [-0.15, -0.1) is 0 Å². The molecule has 1 aromatic carbocycles. The van der Waals surface area contributed by atoms with Crippen molar-refractivity contribution in [2.75, 3.05) is 6.61 Å². The highest BCUT2D eigenvalue weighted by atomic mass is 19.4. The second kappa shape index (κ2) is 4.46. The van der Waals surface area contributed by atoms with Crippen molar-refractivity contribution < 1.29 is 17.9 Å². The van der Waals surface area contributed by atoms with Crippen molar-refractivity contribution >= 4 is 0 Å². The van der Waals surface area contributed by atoms with Crippen molar-refractivity contribution in [1.29, 1.82) is 0 Å². The summed E-state index contributed by atoms with van der Waals surface area (Å²) in [6.45, 7) is 1.58. The number of ether oxygens (including phenoxy) is 1. The lowest BCUT2D eigenvalue weighted by atomic mass is 10.1. The lowest BCUT2D eigenvalue weighted by molar-refractivity contribution is -0.222. The van der Waals surface area contributed by atoms with E-state index in [2.05, 4.69) is 4.74 Å². The zero-order valence-electron chi connectivity index (χ0n) is 7.71. The first-order valence-electron chi connectivity index (χ1n) is 4.29. The molecular weight excluding hydrogens is 193 g/mol. The summed E-state index contributed by atoms with van der Waals surface area (Å²) < 4.78 is 42.1. The van der Waals surface area contributed by atoms with Crippen LogP contribution in [0.1, 0.15) is 18.6 Å². The van der Waals surface area contributed by atoms with Crippen molar-refractivity contribution in [3.05, 3.63) is 35.9 Å². The van der Waals surface area contributed by atoms with Gasteiger partial charge in [-0.3, -0.25) is 0 Å². The molecular formula is C10H11F3O. The maximum atomic E-state index is 12.5. The molecule has 0 fully saturated rings. The number of benzene rings is 1. The SMILES string of the molecule is CCO[C@@H](c1ccccc1)C(F)(F)F. The molecule has 0 amide bonds. The third-order valence-electron chi connectivity index (χ3n) is 1.73. The summed E-state index contributed by atoms with van der Waals surface area (Å²) in [6, 6.07) is 7.62. The van der Waals surface area contributed by atoms with Crippen molar-refractivity contribution in [3.63, 3.8) is 0 Å². The van der Waals surface area contributed by atoms with Crippen LogP contribution in [0.4, 0.5) is 13.2 Å². The average molecular weight is 204 g/mol. The van der Waals surface area contributed by atoms with Crippen molar-refractivity contribution in [2.24, 2.45) is 0 Å². The van der Waals surface area contributed by atoms with Crippen LogP contribution >= 0.6 is 0 Å². The number of halogens is 3. The number of hydrogen-bond acceptors (Lipinski definition) is 1. The molecule has 0 aliphatic rings. The maximum absolute atomic E-state index is 12.5. The first kappa shape index (κ1) is 11.0. The summed E-state index contributed by atoms with van der Waals surface area (Å²) in [6.07, 6.45) is -6.16. The first-order chi connectivity index (χ1) is 6.55. The minimum atomic E-state index is -4.35. The van der Waals surface area contributed by atoms with E-state index in [9.17, 15) is 13.2 Å². The van der Waals surface area contributed by atoms with Crippen LogP contribution in [0.15, 0.2) is 30.3 Å². The van der Waals surface area contributed by atoms with Gasteiger partial charge in [0.25, 0.3) is 0 Å². The Hall–Kier alpha value is -1.03. The molecule has 0 aliphatic heterocycles. The summed E-state index contributed by atoms with van der Waals surface area (Å²) in [5.74, 6) is 0. The van der Waals surface area contributed by atoms with Gasteiger partial charge in [0.05, 0.1) is 0 Å². The number of hydrogen-bond donors (Lipinski definition) is 0. The van der Waals surface area contributed by atoms with Crippen LogP contribution in [0, 0.1) is 0 Å². The van der Waals surface area contributed by atoms with Crippen LogP contribution in [-0.2, 0) is 4.74 Å². The number of rotatable bonds is 3. The summed E-state index contributed by atoms with van der Waals surface area (Å²) in [7, 11) is 0. The molecule has 0 saturated carbocycles. The van der Waals surface area contributed by atoms with Gasteiger partial charge in [-0.1, -0.05) is 30.3 Å². The molecule has 0 radical (unpaired) electrons. The molecule has 0 saturated heterocycles. The largest absolute Gasteiger partial charge is 0.418 e. The molecule has 1 rings (SSSR count). The zero-order chi connectivity index (χ0) is 10.6. The van der Waals surface area contributed by atoms with Crippen LogP contribution in [0.5, 0.6) is 0 Å². The molecule has 0 bridgehead atoms. The van der Waals surface area contributed by atoms with E-state index < -0.39 is 12.3 Å². The molecule has 0 aromatic heterocycles. The third-order valence-corrected chi connectivity index (χ3v) is 1.73. The Morgan fingerprint density at radius 1 is 1.21 bits per heavy atom. The highest BCUT2D eigenvalue weighted by Gasteiger charge is 2.41. The molecule has 0 N–H and O–H groups in total. The highest BCUT2D eigenvalue weighted by molar-refractivity contribution is 5.18. The minimum absolute atomic E-state index is 0.0407. The summed E-state index contributed by atoms with van der Waals surface area (Å²) in [4.78, 5) is 0. The second-order valence-electron chi connectivity index (χ2n) is 2.79. The second-order valence-corrected chi connectivity index (χ2v) is 2.79. The Morgan fingerprint density at radius 3 is 2.21 bits per heavy atom. The van der Waals surface area contributed by atoms with E-state index in [1.807, 2.05) is 0 Å². The van der Waals surface area contributed by atoms with E-state index >= 15 is 0 Å². The van der Waals surface area contributed by atoms with Crippen LogP contribution < -0.4 is 0 Å². The quantitative estimate of drug-likeness (QED) is 0.733. The Balaban J connectivity index is 2.89. The Kier molecular flexibility index (Phi) is 3.52. The van der Waals surface area contributed by atoms with Crippen molar-refractivity contribution in [3.8, 4) is 0 Å². The monoisotopic (exact) mass is 204 g/mol. The van der Waals surface area contributed by atoms with Crippen LogP contribution in [0.2, 0.25) is 0 Å². The third kappa shape index (κ3) is 2.73. The molecule has 0 unspecified atom stereocenters. The van der Waals surface area contributed by atoms with Gasteiger partial charge in [0.15, 0.2) is 6.10 Å². The van der Waals surface area contributed by atoms with Crippen LogP contribution in [0.3, 0.4) is 0 Å². The van der Waals surface area contributed by atoms with Gasteiger partial charge in [-0.25, -0.2) is 0 Å². The van der Waals surface area contributed by atoms with Gasteiger partial charge < -0.3 is 4.74 Å². The standard InChI is InChI=1S/C10H11F3O/c1-2-14-9(10(11,12)13)8-6-4-3-5-7-8/h3-7,9H,2H2,1H3/t9-/m0/s1. The molecule has 1 nitrogen and oxygen atoms in total. The smallest absolute Gasteiger partial charge is 0.364 e. The van der Waals surface area contributed by atoms with Gasteiger partial charge in [-0.2, -0.15) is 13.2 Å². The topological polar surface area (TPSA) is 9.23 Å². The Morgan fingerprint density at radius 2 is 1.79 bits per heavy atom. The summed E-state index contributed by atoms with van der Waals surface area (Å²) in [5, 5.41) is 0. The van der Waals surface area contributed by atoms with E-state index in [1.165, 1.54) is 12.1 Å². The van der Waals surface area contributed by atoms with E-state index in [0.717, 1.165) is 0 Å². The summed E-state index contributed by atoms with van der Waals surface area (Å²) >= 11 is 0. The van der Waals surface area contributed by atoms with Gasteiger partial charge in [0.2, 0.25) is 0 Å². The zero-order valence-corrected chi connectivity index (χ0v) is 7.71. The molecule has 1 aromatic rings. The van der Waals surface area contributed by atoms with Gasteiger partial charge >= 0.3 is 6.18 Å². The minimum Gasteiger partial charge on any atom is -0.364 e. The molecule has 14 heavy (non-hydrogen) atoms. The molecule has 0 spiro atoms. The van der Waals surface area contributed by atoms with Gasteiger partial charge in [0, 0.05) is 6.61 Å². The van der Waals surface area contributed by atoms with Gasteiger partial charge in [-0.05, 0) is 12.5 Å². The van der Waals surface area contributed by atoms with Crippen LogP contribution in [0.25, 0.3) is 0 Å². The Labute approximate surface area is 80.5 Å². The molecule has 4 heteroatoms. The van der Waals surface area contributed by atoms with E-state index in [0.29, 0.717) is 0 Å². The fraction of sp³-hybridized carbons (Fsp3) is 0.400. The summed E-state index contributed by atoms with van der Waals surface area (Å²) in [5.41, 5.74) is 0.141. The predicted octanol–water partition coefficient (Wildman–Crippen LogP) is 3.33. The molecule has 0 aliphatic carbocycles. The predicted molar refractivity (Wildman–Crippen MR) is 46.9 cm³/mol. The fourth-order valence-corrected chi connectivity index (χ4v) is 1.17. The average Bonchev–Trinajstić information content (AvgIpc) is 2.14. The first-order valence-corrected chi connectivity index (χ1v) is 4.29. The van der Waals surface area contributed by atoms with E-state index in [1.54, 1.807) is 25.1 Å². The van der Waals surface area contributed by atoms with E-state index in [4.69, 9.17) is 0 Å².